The number of rotatable bonds is 5. The molecule has 2 unspecified atom stereocenters. The zero-order valence-electron chi connectivity index (χ0n) is 12.4. The molecule has 21 heavy (non-hydrogen) atoms. The number of nitrogens with one attached hydrogen (secondary N) is 1. The Balaban J connectivity index is 1.96. The number of benzene rings is 1. The van der Waals surface area contributed by atoms with Gasteiger partial charge in [0.25, 0.3) is 0 Å². The largest absolute Gasteiger partial charge is 0.392 e. The van der Waals surface area contributed by atoms with Crippen molar-refractivity contribution in [3.8, 4) is 0 Å². The van der Waals surface area contributed by atoms with E-state index in [1.165, 1.54) is 6.07 Å². The summed E-state index contributed by atoms with van der Waals surface area (Å²) >= 11 is 0. The van der Waals surface area contributed by atoms with Gasteiger partial charge in [-0.25, -0.2) is 4.39 Å². The number of likely N-dealkylation sites (tertiary alicyclic amines) is 1. The molecule has 1 aromatic rings. The number of carbonyl (C=O) groups excluding carboxylic acids is 1. The summed E-state index contributed by atoms with van der Waals surface area (Å²) in [7, 11) is 0. The number of hydrogen-bond donors (Lipinski definition) is 2. The molecule has 1 amide bonds. The number of aliphatic hydroxyl groups is 1. The first-order valence-electron chi connectivity index (χ1n) is 7.58. The Hall–Kier alpha value is -1.46. The van der Waals surface area contributed by atoms with E-state index in [0.717, 1.165) is 25.8 Å². The van der Waals surface area contributed by atoms with E-state index in [1.54, 1.807) is 18.2 Å². The van der Waals surface area contributed by atoms with Gasteiger partial charge in [-0.05, 0) is 37.9 Å². The highest BCUT2D eigenvalue weighted by atomic mass is 19.1. The van der Waals surface area contributed by atoms with E-state index >= 15 is 0 Å². The first-order chi connectivity index (χ1) is 10.1. The van der Waals surface area contributed by atoms with Crippen molar-refractivity contribution in [2.24, 2.45) is 0 Å². The fourth-order valence-electron chi connectivity index (χ4n) is 2.86. The summed E-state index contributed by atoms with van der Waals surface area (Å²) in [5.41, 5.74) is 0.201. The molecule has 1 aromatic carbocycles. The van der Waals surface area contributed by atoms with Crippen molar-refractivity contribution in [1.82, 2.24) is 4.90 Å². The highest BCUT2D eigenvalue weighted by molar-refractivity contribution is 5.92. The molecule has 1 saturated heterocycles. The third kappa shape index (κ3) is 4.25. The fourth-order valence-corrected chi connectivity index (χ4v) is 2.86. The zero-order valence-corrected chi connectivity index (χ0v) is 12.4. The van der Waals surface area contributed by atoms with Gasteiger partial charge in [0.2, 0.25) is 5.91 Å². The minimum Gasteiger partial charge on any atom is -0.392 e. The number of piperidine rings is 1. The van der Waals surface area contributed by atoms with E-state index in [2.05, 4.69) is 5.32 Å². The number of amides is 1. The highest BCUT2D eigenvalue weighted by Crippen LogP contribution is 2.21. The standard InChI is InChI=1S/C16H23FN2O2/c1-2-15(20)14-9-5-6-10-19(14)11-16(21)18-13-8-4-3-7-12(13)17/h3-4,7-8,14-15,20H,2,5-6,9-11H2,1H3,(H,18,21). The minimum atomic E-state index is -0.436. The number of anilines is 1. The molecule has 0 bridgehead atoms. The number of aliphatic hydroxyl groups excluding tert-OH is 1. The van der Waals surface area contributed by atoms with Crippen molar-refractivity contribution in [1.29, 1.82) is 0 Å². The van der Waals surface area contributed by atoms with Crippen LogP contribution in [0.5, 0.6) is 0 Å². The molecule has 1 aliphatic heterocycles. The first kappa shape index (κ1) is 15.9. The third-order valence-corrected chi connectivity index (χ3v) is 4.02. The number of hydrogen-bond acceptors (Lipinski definition) is 3. The normalized spacial score (nSPS) is 21.0. The molecule has 0 radical (unpaired) electrons. The fraction of sp³-hybridized carbons (Fsp3) is 0.562. The maximum Gasteiger partial charge on any atom is 0.238 e. The lowest BCUT2D eigenvalue weighted by atomic mass is 9.96. The Kier molecular flexibility index (Phi) is 5.70. The molecule has 1 heterocycles. The second kappa shape index (κ2) is 7.52. The Morgan fingerprint density at radius 2 is 2.24 bits per heavy atom. The van der Waals surface area contributed by atoms with Gasteiger partial charge in [-0.3, -0.25) is 9.69 Å². The van der Waals surface area contributed by atoms with Crippen molar-refractivity contribution in [3.63, 3.8) is 0 Å². The Labute approximate surface area is 125 Å². The molecule has 1 aliphatic rings. The van der Waals surface area contributed by atoms with Crippen LogP contribution in [0.25, 0.3) is 0 Å². The van der Waals surface area contributed by atoms with E-state index in [9.17, 15) is 14.3 Å². The van der Waals surface area contributed by atoms with Crippen molar-refractivity contribution in [2.45, 2.75) is 44.8 Å². The summed E-state index contributed by atoms with van der Waals surface area (Å²) < 4.78 is 13.5. The van der Waals surface area contributed by atoms with Crippen LogP contribution in [-0.4, -0.2) is 41.1 Å². The lowest BCUT2D eigenvalue weighted by Crippen LogP contribution is -2.49. The van der Waals surface area contributed by atoms with Gasteiger partial charge in [0, 0.05) is 6.04 Å². The monoisotopic (exact) mass is 294 g/mol. The van der Waals surface area contributed by atoms with Crippen LogP contribution in [0, 0.1) is 5.82 Å². The molecule has 1 fully saturated rings. The number of para-hydroxylation sites is 1. The van der Waals surface area contributed by atoms with Gasteiger partial charge in [0.1, 0.15) is 5.82 Å². The van der Waals surface area contributed by atoms with Crippen molar-refractivity contribution >= 4 is 11.6 Å². The lowest BCUT2D eigenvalue weighted by Gasteiger charge is -2.37. The summed E-state index contributed by atoms with van der Waals surface area (Å²) in [6, 6.07) is 6.16. The predicted octanol–water partition coefficient (Wildman–Crippen LogP) is 2.39. The molecular weight excluding hydrogens is 271 g/mol. The van der Waals surface area contributed by atoms with Crippen LogP contribution in [0.3, 0.4) is 0 Å². The minimum absolute atomic E-state index is 0.0233. The summed E-state index contributed by atoms with van der Waals surface area (Å²) in [6.45, 7) is 2.93. The average Bonchev–Trinajstić information content (AvgIpc) is 2.49. The molecule has 116 valence electrons. The van der Waals surface area contributed by atoms with E-state index in [1.807, 2.05) is 11.8 Å². The smallest absolute Gasteiger partial charge is 0.238 e. The van der Waals surface area contributed by atoms with E-state index in [4.69, 9.17) is 0 Å². The van der Waals surface area contributed by atoms with Gasteiger partial charge in [-0.2, -0.15) is 0 Å². The van der Waals surface area contributed by atoms with Crippen LogP contribution in [0.2, 0.25) is 0 Å². The lowest BCUT2D eigenvalue weighted by molar-refractivity contribution is -0.119. The maximum absolute atomic E-state index is 13.5. The van der Waals surface area contributed by atoms with Gasteiger partial charge in [0.05, 0.1) is 18.3 Å². The summed E-state index contributed by atoms with van der Waals surface area (Å²) in [4.78, 5) is 14.1. The SMILES string of the molecule is CCC(O)C1CCCCN1CC(=O)Nc1ccccc1F. The van der Waals surface area contributed by atoms with Crippen LogP contribution in [0.1, 0.15) is 32.6 Å². The molecule has 5 heteroatoms. The van der Waals surface area contributed by atoms with Gasteiger partial charge in [-0.15, -0.1) is 0 Å². The average molecular weight is 294 g/mol. The Bertz CT molecular complexity index is 481. The molecule has 2 atom stereocenters. The summed E-state index contributed by atoms with van der Waals surface area (Å²) in [5.74, 6) is -0.676. The number of carbonyl (C=O) groups is 1. The molecule has 0 aliphatic carbocycles. The molecule has 0 spiro atoms. The van der Waals surface area contributed by atoms with Crippen molar-refractivity contribution in [2.75, 3.05) is 18.4 Å². The van der Waals surface area contributed by atoms with E-state index in [0.29, 0.717) is 6.42 Å². The Morgan fingerprint density at radius 1 is 1.48 bits per heavy atom. The topological polar surface area (TPSA) is 52.6 Å². The first-order valence-corrected chi connectivity index (χ1v) is 7.58. The maximum atomic E-state index is 13.5. The quantitative estimate of drug-likeness (QED) is 0.876. The van der Waals surface area contributed by atoms with Crippen LogP contribution < -0.4 is 5.32 Å². The van der Waals surface area contributed by atoms with Crippen LogP contribution in [0.4, 0.5) is 10.1 Å². The molecule has 0 aromatic heterocycles. The number of halogens is 1. The van der Waals surface area contributed by atoms with Crippen LogP contribution in [0.15, 0.2) is 24.3 Å². The zero-order chi connectivity index (χ0) is 15.2. The van der Waals surface area contributed by atoms with Crippen molar-refractivity contribution < 1.29 is 14.3 Å². The van der Waals surface area contributed by atoms with E-state index < -0.39 is 11.9 Å². The van der Waals surface area contributed by atoms with Crippen LogP contribution in [-0.2, 0) is 4.79 Å². The molecular formula is C16H23FN2O2. The molecule has 4 nitrogen and oxygen atoms in total. The summed E-state index contributed by atoms with van der Waals surface area (Å²) in [5, 5.41) is 12.7. The van der Waals surface area contributed by atoms with Gasteiger partial charge in [0.15, 0.2) is 0 Å². The third-order valence-electron chi connectivity index (χ3n) is 4.02. The Morgan fingerprint density at radius 3 is 2.95 bits per heavy atom. The molecule has 2 N–H and O–H groups in total. The predicted molar refractivity (Wildman–Crippen MR) is 80.5 cm³/mol. The second-order valence-corrected chi connectivity index (χ2v) is 5.54. The second-order valence-electron chi connectivity index (χ2n) is 5.54. The number of nitrogens with zero attached hydrogens (tertiary/aromatic N) is 1. The summed E-state index contributed by atoms with van der Waals surface area (Å²) in [6.07, 6.45) is 3.28. The molecule has 2 rings (SSSR count). The van der Waals surface area contributed by atoms with Crippen LogP contribution >= 0.6 is 0 Å². The van der Waals surface area contributed by atoms with E-state index in [-0.39, 0.29) is 24.2 Å². The van der Waals surface area contributed by atoms with Gasteiger partial charge >= 0.3 is 0 Å². The van der Waals surface area contributed by atoms with Gasteiger partial charge in [-0.1, -0.05) is 25.5 Å². The van der Waals surface area contributed by atoms with Crippen molar-refractivity contribution in [3.05, 3.63) is 30.1 Å². The molecule has 0 saturated carbocycles. The highest BCUT2D eigenvalue weighted by Gasteiger charge is 2.29. The van der Waals surface area contributed by atoms with Gasteiger partial charge < -0.3 is 10.4 Å².